The highest BCUT2D eigenvalue weighted by Crippen LogP contribution is 2.56. The monoisotopic (exact) mass is 462 g/mol. The van der Waals surface area contributed by atoms with Crippen LogP contribution in [0, 0.1) is 0 Å². The number of hydrogen-bond acceptors (Lipinski definition) is 3. The number of carbonyl (C=O) groups excluding carboxylic acids is 1. The Morgan fingerprint density at radius 3 is 2.00 bits per heavy atom. The number of aliphatic hydroxyl groups is 1. The molecule has 4 atom stereocenters. The van der Waals surface area contributed by atoms with Gasteiger partial charge in [-0.25, -0.2) is 0 Å². The van der Waals surface area contributed by atoms with E-state index in [-0.39, 0.29) is 17.5 Å². The molecule has 2 saturated heterocycles. The summed E-state index contributed by atoms with van der Waals surface area (Å²) < 4.78 is 0. The first-order valence-electron chi connectivity index (χ1n) is 11.1. The summed E-state index contributed by atoms with van der Waals surface area (Å²) in [5.74, 6) is 0.293. The third kappa shape index (κ3) is 3.70. The van der Waals surface area contributed by atoms with Gasteiger partial charge in [-0.2, -0.15) is 5.01 Å². The van der Waals surface area contributed by atoms with E-state index >= 15 is 0 Å². The molecule has 164 valence electrons. The Balaban J connectivity index is 1.64. The summed E-state index contributed by atoms with van der Waals surface area (Å²) >= 11 is 0. The molecule has 2 aliphatic heterocycles. The lowest BCUT2D eigenvalue weighted by molar-refractivity contribution is -0.187. The summed E-state index contributed by atoms with van der Waals surface area (Å²) in [4.78, 5) is 12.8. The Labute approximate surface area is 192 Å². The summed E-state index contributed by atoms with van der Waals surface area (Å²) in [6, 6.07) is 30.3. The normalized spacial score (nSPS) is 25.9. The molecule has 2 aliphatic rings. The lowest BCUT2D eigenvalue weighted by Gasteiger charge is -2.39. The first-order valence-corrected chi connectivity index (χ1v) is 14.0. The molecule has 1 amide bonds. The van der Waals surface area contributed by atoms with Gasteiger partial charge in [0.25, 0.3) is 0 Å². The van der Waals surface area contributed by atoms with Crippen molar-refractivity contribution < 1.29 is 9.90 Å². The van der Waals surface area contributed by atoms with Gasteiger partial charge in [0.1, 0.15) is 6.23 Å². The highest BCUT2D eigenvalue weighted by molar-refractivity contribution is 7.82. The molecule has 2 heterocycles. The third-order valence-corrected chi connectivity index (χ3v) is 12.1. The molecule has 6 heteroatoms. The average molecular weight is 462 g/mol. The van der Waals surface area contributed by atoms with Gasteiger partial charge in [-0.15, -0.1) is 0 Å². The number of fused-ring (bicyclic) bond motifs is 1. The average Bonchev–Trinajstić information content (AvgIpc) is 3.09. The molecule has 0 spiro atoms. The first-order chi connectivity index (χ1) is 15.6. The summed E-state index contributed by atoms with van der Waals surface area (Å²) in [6.07, 6.45) is 0.340. The van der Waals surface area contributed by atoms with Crippen LogP contribution in [0.25, 0.3) is 0 Å². The smallest absolute Gasteiger partial charge is 0.237 e. The van der Waals surface area contributed by atoms with Gasteiger partial charge in [0.15, 0.2) is 0 Å². The molecule has 1 N–H and O–H groups in total. The van der Waals surface area contributed by atoms with Crippen LogP contribution in [0.5, 0.6) is 0 Å². The molecular weight excluding hydrogens is 434 g/mol. The van der Waals surface area contributed by atoms with Gasteiger partial charge in [-0.1, -0.05) is 84.9 Å². The Hall–Kier alpha value is -2.09. The Morgan fingerprint density at radius 1 is 0.844 bits per heavy atom. The fraction of sp³-hybridized carbons (Fsp3) is 0.269. The zero-order valence-electron chi connectivity index (χ0n) is 18.4. The van der Waals surface area contributed by atoms with Gasteiger partial charge in [0, 0.05) is 6.42 Å². The van der Waals surface area contributed by atoms with E-state index in [2.05, 4.69) is 98.8 Å². The molecule has 3 aromatic rings. The van der Waals surface area contributed by atoms with Crippen molar-refractivity contribution in [2.45, 2.75) is 44.5 Å². The maximum atomic E-state index is 12.8. The van der Waals surface area contributed by atoms with E-state index < -0.39 is 22.1 Å². The van der Waals surface area contributed by atoms with E-state index in [4.69, 9.17) is 0 Å². The van der Waals surface area contributed by atoms with Crippen LogP contribution in [0.4, 0.5) is 0 Å². The number of nitrogens with zero attached hydrogens (tertiary/aromatic N) is 2. The lowest BCUT2D eigenvalue weighted by atomic mass is 10.2. The number of benzene rings is 3. The van der Waals surface area contributed by atoms with Gasteiger partial charge >= 0.3 is 0 Å². The Kier molecular flexibility index (Phi) is 6.14. The van der Waals surface area contributed by atoms with Crippen molar-refractivity contribution in [2.75, 3.05) is 0 Å². The largest absolute Gasteiger partial charge is 0.377 e. The Morgan fingerprint density at radius 2 is 1.41 bits per heavy atom. The van der Waals surface area contributed by atoms with Crippen LogP contribution >= 0.6 is 15.8 Å². The number of rotatable bonds is 4. The van der Waals surface area contributed by atoms with Crippen molar-refractivity contribution in [1.29, 1.82) is 0 Å². The van der Waals surface area contributed by atoms with Crippen molar-refractivity contribution in [1.82, 2.24) is 10.0 Å². The molecule has 4 nitrogen and oxygen atoms in total. The molecule has 5 rings (SSSR count). The van der Waals surface area contributed by atoms with Crippen LogP contribution < -0.4 is 21.2 Å². The van der Waals surface area contributed by atoms with Crippen molar-refractivity contribution in [3.05, 3.63) is 84.9 Å². The van der Waals surface area contributed by atoms with E-state index in [0.717, 1.165) is 0 Å². The number of carbonyl (C=O) groups is 1. The second-order valence-electron chi connectivity index (χ2n) is 8.30. The second-order valence-corrected chi connectivity index (χ2v) is 13.3. The predicted molar refractivity (Wildman–Crippen MR) is 135 cm³/mol. The number of hydrazine groups is 1. The summed E-state index contributed by atoms with van der Waals surface area (Å²) in [5, 5.41) is 19.9. The van der Waals surface area contributed by atoms with Crippen molar-refractivity contribution in [3.8, 4) is 0 Å². The topological polar surface area (TPSA) is 43.8 Å². The third-order valence-electron chi connectivity index (χ3n) is 6.40. The van der Waals surface area contributed by atoms with E-state index in [1.54, 1.807) is 0 Å². The number of hydrogen-bond donors (Lipinski definition) is 1. The summed E-state index contributed by atoms with van der Waals surface area (Å²) in [7, 11) is -1.45. The van der Waals surface area contributed by atoms with Gasteiger partial charge in [-0.3, -0.25) is 9.80 Å². The lowest BCUT2D eigenvalue weighted by Crippen LogP contribution is -2.55. The minimum Gasteiger partial charge on any atom is -0.377 e. The molecule has 2 unspecified atom stereocenters. The minimum atomic E-state index is -0.733. The highest BCUT2D eigenvalue weighted by atomic mass is 31.1. The van der Waals surface area contributed by atoms with Crippen LogP contribution in [0.15, 0.2) is 84.9 Å². The maximum Gasteiger partial charge on any atom is 0.237 e. The molecule has 0 aliphatic carbocycles. The first kappa shape index (κ1) is 21.7. The predicted octanol–water partition coefficient (Wildman–Crippen LogP) is 3.42. The fourth-order valence-corrected chi connectivity index (χ4v) is 11.0. The van der Waals surface area contributed by atoms with Gasteiger partial charge in [-0.05, 0) is 57.3 Å². The molecule has 0 aromatic heterocycles. The number of amides is 1. The molecule has 0 saturated carbocycles. The van der Waals surface area contributed by atoms with Gasteiger partial charge in [0.2, 0.25) is 5.91 Å². The molecule has 3 aromatic carbocycles. The number of aliphatic hydroxyl groups excluding tert-OH is 1. The molecule has 32 heavy (non-hydrogen) atoms. The Bertz CT molecular complexity index is 1060. The van der Waals surface area contributed by atoms with Crippen molar-refractivity contribution in [3.63, 3.8) is 0 Å². The van der Waals surface area contributed by atoms with Gasteiger partial charge in [0.05, 0.1) is 11.6 Å². The van der Waals surface area contributed by atoms with Crippen LogP contribution in [0.2, 0.25) is 0 Å². The van der Waals surface area contributed by atoms with E-state index in [1.807, 2.05) is 10.0 Å². The summed E-state index contributed by atoms with van der Waals surface area (Å²) in [6.45, 7) is 4.33. The maximum absolute atomic E-state index is 12.8. The molecular formula is C26H28N2O2P2. The second kappa shape index (κ2) is 9.04. The highest BCUT2D eigenvalue weighted by Gasteiger charge is 2.51. The van der Waals surface area contributed by atoms with Crippen molar-refractivity contribution >= 4 is 43.0 Å². The van der Waals surface area contributed by atoms with Gasteiger partial charge < -0.3 is 5.11 Å². The van der Waals surface area contributed by atoms with E-state index in [9.17, 15) is 9.90 Å². The molecule has 0 radical (unpaired) electrons. The SMILES string of the molecule is C[C@@H]1N2C(=O)CCC(O)N2[C@@H](C)P1c1ccccc1P(c1ccccc1)c1ccccc1. The van der Waals surface area contributed by atoms with E-state index in [1.165, 1.54) is 21.2 Å². The van der Waals surface area contributed by atoms with Crippen LogP contribution in [-0.4, -0.2) is 38.8 Å². The van der Waals surface area contributed by atoms with E-state index in [0.29, 0.717) is 12.8 Å². The standard InChI is InChI=1S/C26H28N2O2P2/c1-19-27-25(29)17-18-26(30)28(27)20(2)31(19)23-15-9-10-16-24(23)32(21-11-5-3-6-12-21)22-13-7-4-8-14-22/h3-16,19-20,25,29H,17-18H2,1-2H3/t19-,20-,25?,31?/m1/s1. The summed E-state index contributed by atoms with van der Waals surface area (Å²) in [5.41, 5.74) is 0. The fourth-order valence-electron chi connectivity index (χ4n) is 5.02. The zero-order chi connectivity index (χ0) is 22.2. The zero-order valence-corrected chi connectivity index (χ0v) is 20.2. The quantitative estimate of drug-likeness (QED) is 0.605. The minimum absolute atomic E-state index is 0.0620. The van der Waals surface area contributed by atoms with Crippen molar-refractivity contribution in [2.24, 2.45) is 0 Å². The van der Waals surface area contributed by atoms with Crippen LogP contribution in [0.1, 0.15) is 26.7 Å². The molecule has 0 bridgehead atoms. The molecule has 2 fully saturated rings. The van der Waals surface area contributed by atoms with Crippen LogP contribution in [-0.2, 0) is 4.79 Å². The van der Waals surface area contributed by atoms with Crippen LogP contribution in [0.3, 0.4) is 0 Å².